The maximum atomic E-state index is 10.4. The van der Waals surface area contributed by atoms with Gasteiger partial charge in [-0.05, 0) is 20.3 Å². The smallest absolute Gasteiger partial charge is 0.224 e. The zero-order valence-electron chi connectivity index (χ0n) is 17.6. The number of hydrogen-bond acceptors (Lipinski definition) is 6. The first-order chi connectivity index (χ1) is 12.9. The Morgan fingerprint density at radius 2 is 1.52 bits per heavy atom. The highest BCUT2D eigenvalue weighted by atomic mass is 16.9. The van der Waals surface area contributed by atoms with Crippen LogP contribution in [0.1, 0.15) is 85.0 Å². The molecule has 0 amide bonds. The van der Waals surface area contributed by atoms with Crippen LogP contribution in [0.2, 0.25) is 0 Å². The Morgan fingerprint density at radius 1 is 0.926 bits per heavy atom. The molecule has 0 spiro atoms. The third-order valence-electron chi connectivity index (χ3n) is 5.48. The number of nitrogens with two attached hydrogens (primary N) is 1. The Morgan fingerprint density at radius 3 is 2.11 bits per heavy atom. The van der Waals surface area contributed by atoms with E-state index in [2.05, 4.69) is 6.92 Å². The lowest BCUT2D eigenvalue weighted by Crippen LogP contribution is -2.45. The van der Waals surface area contributed by atoms with Gasteiger partial charge in [-0.25, -0.2) is 0 Å². The molecule has 6 heteroatoms. The van der Waals surface area contributed by atoms with Crippen molar-refractivity contribution in [3.05, 3.63) is 0 Å². The van der Waals surface area contributed by atoms with Crippen LogP contribution in [0, 0.1) is 0 Å². The van der Waals surface area contributed by atoms with Crippen LogP contribution in [0.3, 0.4) is 0 Å². The van der Waals surface area contributed by atoms with Gasteiger partial charge in [-0.2, -0.15) is 0 Å². The summed E-state index contributed by atoms with van der Waals surface area (Å²) in [5.74, 6) is -1.85. The molecule has 2 aliphatic rings. The minimum Gasteiger partial charge on any atom is -0.387 e. The summed E-state index contributed by atoms with van der Waals surface area (Å²) in [6, 6.07) is 0. The van der Waals surface area contributed by atoms with Gasteiger partial charge >= 0.3 is 0 Å². The predicted molar refractivity (Wildman–Crippen MR) is 105 cm³/mol. The molecule has 27 heavy (non-hydrogen) atoms. The molecular weight excluding hydrogens is 346 g/mol. The van der Waals surface area contributed by atoms with E-state index >= 15 is 0 Å². The second-order valence-corrected chi connectivity index (χ2v) is 8.47. The van der Waals surface area contributed by atoms with Crippen molar-refractivity contribution in [3.63, 3.8) is 0 Å². The van der Waals surface area contributed by atoms with Gasteiger partial charge in [0.1, 0.15) is 24.9 Å². The predicted octanol–water partition coefficient (Wildman–Crippen LogP) is 3.49. The molecule has 2 rings (SSSR count). The van der Waals surface area contributed by atoms with Crippen molar-refractivity contribution >= 4 is 0 Å². The topological polar surface area (TPSA) is 83.2 Å². The van der Waals surface area contributed by atoms with E-state index in [4.69, 9.17) is 24.7 Å². The maximum Gasteiger partial charge on any atom is 0.224 e. The summed E-state index contributed by atoms with van der Waals surface area (Å²) in [5, 5.41) is 10.4. The maximum absolute atomic E-state index is 10.4. The van der Waals surface area contributed by atoms with E-state index in [0.717, 1.165) is 6.42 Å². The number of unbranched alkanes of at least 4 members (excludes halogenated alkanes) is 9. The zero-order valence-corrected chi connectivity index (χ0v) is 17.6. The number of aliphatic hydroxyl groups excluding tert-OH is 1. The molecule has 2 aliphatic heterocycles. The van der Waals surface area contributed by atoms with Crippen molar-refractivity contribution in [2.45, 2.75) is 115 Å². The second kappa shape index (κ2) is 11.1. The van der Waals surface area contributed by atoms with E-state index in [1.165, 1.54) is 57.8 Å². The highest BCUT2D eigenvalue weighted by molar-refractivity contribution is 5.02. The average Bonchev–Trinajstić information content (AvgIpc) is 3.03. The van der Waals surface area contributed by atoms with Gasteiger partial charge in [0.05, 0.1) is 0 Å². The van der Waals surface area contributed by atoms with Crippen LogP contribution >= 0.6 is 0 Å². The molecule has 4 atom stereocenters. The summed E-state index contributed by atoms with van der Waals surface area (Å²) in [4.78, 5) is 0. The van der Waals surface area contributed by atoms with Crippen LogP contribution in [-0.2, 0) is 18.9 Å². The number of ether oxygens (including phenoxy) is 4. The lowest BCUT2D eigenvalue weighted by Gasteiger charge is -2.28. The SMILES string of the molecule is CCCCCCCCCCCCOC[C@@]12O[C@@H](CN)[C@@H](O)[C@@H]1OC(C)(C)O2. The van der Waals surface area contributed by atoms with Crippen LogP contribution in [-0.4, -0.2) is 54.8 Å². The molecule has 0 unspecified atom stereocenters. The molecule has 0 aromatic rings. The first-order valence-electron chi connectivity index (χ1n) is 11.0. The van der Waals surface area contributed by atoms with Crippen LogP contribution in [0.15, 0.2) is 0 Å². The van der Waals surface area contributed by atoms with E-state index in [-0.39, 0.29) is 13.2 Å². The summed E-state index contributed by atoms with van der Waals surface area (Å²) in [6.07, 6.45) is 11.1. The highest BCUT2D eigenvalue weighted by Gasteiger charge is 2.64. The third-order valence-corrected chi connectivity index (χ3v) is 5.48. The number of fused-ring (bicyclic) bond motifs is 1. The Hall–Kier alpha value is -0.240. The molecule has 0 aliphatic carbocycles. The fraction of sp³-hybridized carbons (Fsp3) is 1.00. The van der Waals surface area contributed by atoms with Crippen LogP contribution in [0.5, 0.6) is 0 Å². The van der Waals surface area contributed by atoms with Crippen molar-refractivity contribution < 1.29 is 24.1 Å². The largest absolute Gasteiger partial charge is 0.387 e. The van der Waals surface area contributed by atoms with Crippen LogP contribution in [0.4, 0.5) is 0 Å². The van der Waals surface area contributed by atoms with Gasteiger partial charge in [0.2, 0.25) is 5.79 Å². The van der Waals surface area contributed by atoms with Crippen LogP contribution < -0.4 is 5.73 Å². The lowest BCUT2D eigenvalue weighted by molar-refractivity contribution is -0.276. The summed E-state index contributed by atoms with van der Waals surface area (Å²) < 4.78 is 23.6. The molecule has 160 valence electrons. The highest BCUT2D eigenvalue weighted by Crippen LogP contribution is 2.45. The number of hydrogen-bond donors (Lipinski definition) is 2. The van der Waals surface area contributed by atoms with E-state index in [0.29, 0.717) is 6.61 Å². The van der Waals surface area contributed by atoms with Gasteiger partial charge in [0, 0.05) is 13.2 Å². The molecule has 0 radical (unpaired) electrons. The molecule has 0 saturated carbocycles. The minimum atomic E-state index is -1.05. The molecule has 2 fully saturated rings. The van der Waals surface area contributed by atoms with Gasteiger partial charge in [0.25, 0.3) is 0 Å². The average molecular weight is 388 g/mol. The Bertz CT molecular complexity index is 419. The van der Waals surface area contributed by atoms with Gasteiger partial charge in [-0.15, -0.1) is 0 Å². The van der Waals surface area contributed by atoms with E-state index in [1.807, 2.05) is 13.8 Å². The van der Waals surface area contributed by atoms with Crippen molar-refractivity contribution in [1.29, 1.82) is 0 Å². The number of rotatable bonds is 14. The molecule has 6 nitrogen and oxygen atoms in total. The molecular formula is C21H41NO5. The standard InChI is InChI=1S/C21H41NO5/c1-4-5-6-7-8-9-10-11-12-13-14-24-16-21-19(26-20(2,3)27-21)18(23)17(15-22)25-21/h17-19,23H,4-16,22H2,1-3H3/t17-,18+,19-,21-/m0/s1. The third kappa shape index (κ3) is 6.65. The first-order valence-corrected chi connectivity index (χ1v) is 11.0. The molecule has 0 aromatic carbocycles. The summed E-state index contributed by atoms with van der Waals surface area (Å²) in [5.41, 5.74) is 5.69. The molecule has 2 heterocycles. The molecule has 2 saturated heterocycles. The van der Waals surface area contributed by atoms with Gasteiger partial charge < -0.3 is 29.8 Å². The van der Waals surface area contributed by atoms with Crippen molar-refractivity contribution in [2.24, 2.45) is 5.73 Å². The summed E-state index contributed by atoms with van der Waals surface area (Å²) in [7, 11) is 0. The second-order valence-electron chi connectivity index (χ2n) is 8.47. The lowest BCUT2D eigenvalue weighted by atomic mass is 10.1. The van der Waals surface area contributed by atoms with Crippen molar-refractivity contribution in [1.82, 2.24) is 0 Å². The molecule has 0 aromatic heterocycles. The zero-order chi connectivity index (χ0) is 19.8. The van der Waals surface area contributed by atoms with E-state index in [9.17, 15) is 5.11 Å². The quantitative estimate of drug-likeness (QED) is 0.444. The molecule has 3 N–H and O–H groups in total. The van der Waals surface area contributed by atoms with E-state index in [1.54, 1.807) is 0 Å². The normalized spacial score (nSPS) is 32.1. The molecule has 0 bridgehead atoms. The Balaban J connectivity index is 1.58. The Kier molecular flexibility index (Phi) is 9.45. The van der Waals surface area contributed by atoms with Crippen molar-refractivity contribution in [3.8, 4) is 0 Å². The first kappa shape index (κ1) is 23.0. The fourth-order valence-corrected chi connectivity index (χ4v) is 4.07. The number of aliphatic hydroxyl groups is 1. The van der Waals surface area contributed by atoms with Gasteiger partial charge in [-0.1, -0.05) is 64.7 Å². The van der Waals surface area contributed by atoms with Gasteiger partial charge in [0.15, 0.2) is 5.79 Å². The van der Waals surface area contributed by atoms with Crippen LogP contribution in [0.25, 0.3) is 0 Å². The summed E-state index contributed by atoms with van der Waals surface area (Å²) in [6.45, 7) is 7.05. The monoisotopic (exact) mass is 387 g/mol. The Labute approximate surface area is 165 Å². The summed E-state index contributed by atoms with van der Waals surface area (Å²) >= 11 is 0. The van der Waals surface area contributed by atoms with Gasteiger partial charge in [-0.3, -0.25) is 0 Å². The minimum absolute atomic E-state index is 0.227. The fourth-order valence-electron chi connectivity index (χ4n) is 4.07. The van der Waals surface area contributed by atoms with E-state index < -0.39 is 29.9 Å². The van der Waals surface area contributed by atoms with Crippen molar-refractivity contribution in [2.75, 3.05) is 19.8 Å².